The van der Waals surface area contributed by atoms with Crippen LogP contribution in [-0.2, 0) is 35.1 Å². The van der Waals surface area contributed by atoms with Crippen molar-refractivity contribution in [2.45, 2.75) is 25.9 Å². The molecule has 0 saturated carbocycles. The minimum atomic E-state index is -0.634. The number of hydrazone groups is 1. The molecule has 0 unspecified atom stereocenters. The number of primary amides is 1. The van der Waals surface area contributed by atoms with Gasteiger partial charge in [0, 0.05) is 48.4 Å². The lowest BCUT2D eigenvalue weighted by atomic mass is 10.0. The maximum Gasteiger partial charge on any atom is 0.204 e. The van der Waals surface area contributed by atoms with Gasteiger partial charge >= 0.3 is 0 Å². The van der Waals surface area contributed by atoms with Crippen LogP contribution in [0.4, 0.5) is 0 Å². The predicted molar refractivity (Wildman–Crippen MR) is 154 cm³/mol. The highest BCUT2D eigenvalue weighted by Crippen LogP contribution is 2.22. The van der Waals surface area contributed by atoms with Crippen LogP contribution in [0.15, 0.2) is 89.0 Å². The molecular formula is C29H35N5O2S. The summed E-state index contributed by atoms with van der Waals surface area (Å²) in [6.07, 6.45) is 1.90. The second-order valence-corrected chi connectivity index (χ2v) is 10.4. The number of aliphatic imine (C=N–C) groups is 1. The molecule has 3 aromatic rings. The van der Waals surface area contributed by atoms with Crippen molar-refractivity contribution in [3.05, 3.63) is 95.6 Å². The standard InChI is InChI=1S/C28H32N4OS.CH3NO/c1-29-28(15-12-23-6-3-2-4-7-23)31-30-21-24-10-13-26(14-11-24)27-9-5-8-25(20-27)22-32-16-18-34(33)19-17-32;2-1-3/h2-11,13-14,20,30H,1,12,15-19,21-22H2;1H,(H2,2,3)/b31-28-;. The van der Waals surface area contributed by atoms with E-state index in [9.17, 15) is 4.21 Å². The average molecular weight is 518 g/mol. The van der Waals surface area contributed by atoms with Gasteiger partial charge in [-0.25, -0.2) is 4.99 Å². The minimum Gasteiger partial charge on any atom is -0.372 e. The molecule has 1 saturated heterocycles. The molecule has 1 fully saturated rings. The van der Waals surface area contributed by atoms with Crippen LogP contribution in [0.1, 0.15) is 23.1 Å². The molecule has 194 valence electrons. The molecular weight excluding hydrogens is 482 g/mol. The van der Waals surface area contributed by atoms with E-state index in [1.807, 2.05) is 18.2 Å². The SMILES string of the molecule is C=N/C(CCc1ccccc1)=N\NCc1ccc(-c2cccc(CN3CCS(=O)CC3)c2)cc1.NC=O. The summed E-state index contributed by atoms with van der Waals surface area (Å²) in [5.74, 6) is 2.30. The van der Waals surface area contributed by atoms with Gasteiger partial charge in [0.05, 0.1) is 6.54 Å². The van der Waals surface area contributed by atoms with Crippen molar-refractivity contribution in [2.75, 3.05) is 24.6 Å². The molecule has 0 atom stereocenters. The number of nitrogens with zero attached hydrogens (tertiary/aromatic N) is 3. The molecule has 7 nitrogen and oxygen atoms in total. The van der Waals surface area contributed by atoms with Crippen molar-refractivity contribution < 1.29 is 9.00 Å². The van der Waals surface area contributed by atoms with E-state index in [4.69, 9.17) is 4.79 Å². The quantitative estimate of drug-likeness (QED) is 0.195. The Morgan fingerprint density at radius 2 is 1.62 bits per heavy atom. The third-order valence-electron chi connectivity index (χ3n) is 6.04. The summed E-state index contributed by atoms with van der Waals surface area (Å²) in [6, 6.07) is 27.6. The molecule has 1 aliphatic rings. The van der Waals surface area contributed by atoms with E-state index in [2.05, 4.69) is 93.5 Å². The zero-order valence-electron chi connectivity index (χ0n) is 21.1. The maximum absolute atomic E-state index is 11.6. The van der Waals surface area contributed by atoms with Crippen molar-refractivity contribution in [3.63, 3.8) is 0 Å². The monoisotopic (exact) mass is 517 g/mol. The number of carbonyl (C=O) groups excluding carboxylic acids is 1. The third kappa shape index (κ3) is 9.74. The van der Waals surface area contributed by atoms with Crippen molar-refractivity contribution >= 4 is 29.8 Å². The smallest absolute Gasteiger partial charge is 0.204 e. The molecule has 8 heteroatoms. The van der Waals surface area contributed by atoms with Gasteiger partial charge in [0.25, 0.3) is 0 Å². The van der Waals surface area contributed by atoms with Gasteiger partial charge in [0.15, 0.2) is 0 Å². The molecule has 3 N–H and O–H groups in total. The average Bonchev–Trinajstić information content (AvgIpc) is 2.93. The van der Waals surface area contributed by atoms with E-state index in [0.29, 0.717) is 6.54 Å². The first-order chi connectivity index (χ1) is 18.1. The molecule has 0 aromatic heterocycles. The number of hydrogen-bond donors (Lipinski definition) is 2. The van der Waals surface area contributed by atoms with Gasteiger partial charge in [0.2, 0.25) is 6.41 Å². The Morgan fingerprint density at radius 3 is 2.30 bits per heavy atom. The highest BCUT2D eigenvalue weighted by atomic mass is 32.2. The fourth-order valence-electron chi connectivity index (χ4n) is 4.05. The van der Waals surface area contributed by atoms with Crippen LogP contribution in [0.3, 0.4) is 0 Å². The summed E-state index contributed by atoms with van der Waals surface area (Å²) in [5, 5.41) is 4.42. The van der Waals surface area contributed by atoms with E-state index in [-0.39, 0.29) is 6.41 Å². The Kier molecular flexibility index (Phi) is 11.7. The number of aryl methyl sites for hydroxylation is 1. The maximum atomic E-state index is 11.6. The van der Waals surface area contributed by atoms with Gasteiger partial charge in [-0.15, -0.1) is 0 Å². The number of carbonyl (C=O) groups is 1. The van der Waals surface area contributed by atoms with Crippen LogP contribution < -0.4 is 11.2 Å². The van der Waals surface area contributed by atoms with Crippen molar-refractivity contribution in [1.82, 2.24) is 10.3 Å². The van der Waals surface area contributed by atoms with Crippen molar-refractivity contribution in [2.24, 2.45) is 15.8 Å². The Morgan fingerprint density at radius 1 is 0.946 bits per heavy atom. The number of amides is 1. The number of rotatable bonds is 9. The number of hydrogen-bond acceptors (Lipinski definition) is 5. The Hall–Kier alpha value is -3.62. The molecule has 37 heavy (non-hydrogen) atoms. The topological polar surface area (TPSA) is 100 Å². The van der Waals surface area contributed by atoms with E-state index in [1.165, 1.54) is 22.3 Å². The highest BCUT2D eigenvalue weighted by molar-refractivity contribution is 7.85. The Bertz CT molecular complexity index is 1170. The third-order valence-corrected chi connectivity index (χ3v) is 7.32. The van der Waals surface area contributed by atoms with Crippen molar-refractivity contribution in [1.29, 1.82) is 0 Å². The van der Waals surface area contributed by atoms with Crippen molar-refractivity contribution in [3.8, 4) is 11.1 Å². The van der Waals surface area contributed by atoms with Gasteiger partial charge in [-0.1, -0.05) is 72.8 Å². The first-order valence-corrected chi connectivity index (χ1v) is 13.8. The lowest BCUT2D eigenvalue weighted by molar-refractivity contribution is -0.106. The second kappa shape index (κ2) is 15.5. The molecule has 0 spiro atoms. The molecule has 4 rings (SSSR count). The Balaban J connectivity index is 0.00000121. The van der Waals surface area contributed by atoms with Gasteiger partial charge in [-0.3, -0.25) is 13.9 Å². The highest BCUT2D eigenvalue weighted by Gasteiger charge is 2.15. The molecule has 0 radical (unpaired) electrons. The van der Waals surface area contributed by atoms with Crippen LogP contribution >= 0.6 is 0 Å². The number of nitrogens with two attached hydrogens (primary N) is 1. The van der Waals surface area contributed by atoms with Gasteiger partial charge in [0.1, 0.15) is 5.84 Å². The van der Waals surface area contributed by atoms with E-state index in [1.54, 1.807) is 0 Å². The molecule has 0 aliphatic carbocycles. The second-order valence-electron chi connectivity index (χ2n) is 8.66. The van der Waals surface area contributed by atoms with Crippen LogP contribution in [0.5, 0.6) is 0 Å². The minimum absolute atomic E-state index is 0.250. The summed E-state index contributed by atoms with van der Waals surface area (Å²) >= 11 is 0. The zero-order valence-corrected chi connectivity index (χ0v) is 21.9. The van der Waals surface area contributed by atoms with Gasteiger partial charge in [-0.2, -0.15) is 5.10 Å². The molecule has 1 aliphatic heterocycles. The van der Waals surface area contributed by atoms with E-state index < -0.39 is 10.8 Å². The van der Waals surface area contributed by atoms with Gasteiger partial charge < -0.3 is 11.2 Å². The van der Waals surface area contributed by atoms with Crippen LogP contribution in [0.2, 0.25) is 0 Å². The normalized spacial score (nSPS) is 14.3. The number of nitrogens with one attached hydrogen (secondary N) is 1. The summed E-state index contributed by atoms with van der Waals surface area (Å²) < 4.78 is 11.6. The number of benzene rings is 3. The lowest BCUT2D eigenvalue weighted by Gasteiger charge is -2.26. The molecule has 3 aromatic carbocycles. The molecule has 1 amide bonds. The first-order valence-electron chi connectivity index (χ1n) is 12.3. The van der Waals surface area contributed by atoms with E-state index in [0.717, 1.165) is 55.4 Å². The Labute approximate surface area is 222 Å². The summed E-state index contributed by atoms with van der Waals surface area (Å²) in [7, 11) is -0.634. The van der Waals surface area contributed by atoms with E-state index >= 15 is 0 Å². The summed E-state index contributed by atoms with van der Waals surface area (Å²) in [6.45, 7) is 7.03. The number of amidine groups is 1. The molecule has 0 bridgehead atoms. The zero-order chi connectivity index (χ0) is 26.3. The molecule has 1 heterocycles. The van der Waals surface area contributed by atoms with Gasteiger partial charge in [-0.05, 0) is 47.0 Å². The fourth-order valence-corrected chi connectivity index (χ4v) is 5.18. The summed E-state index contributed by atoms with van der Waals surface area (Å²) in [5.41, 5.74) is 13.4. The van der Waals surface area contributed by atoms with Crippen LogP contribution in [-0.4, -0.2) is 52.7 Å². The summed E-state index contributed by atoms with van der Waals surface area (Å²) in [4.78, 5) is 15.0. The lowest BCUT2D eigenvalue weighted by Crippen LogP contribution is -2.37. The van der Waals surface area contributed by atoms with Crippen LogP contribution in [0, 0.1) is 0 Å². The predicted octanol–water partition coefficient (Wildman–Crippen LogP) is 3.76. The fraction of sp³-hybridized carbons (Fsp3) is 0.276. The van der Waals surface area contributed by atoms with Crippen LogP contribution in [0.25, 0.3) is 11.1 Å². The first kappa shape index (κ1) is 28.0. The largest absolute Gasteiger partial charge is 0.372 e.